The highest BCUT2D eigenvalue weighted by Crippen LogP contribution is 2.31. The van der Waals surface area contributed by atoms with Crippen molar-refractivity contribution in [2.75, 3.05) is 6.61 Å². The van der Waals surface area contributed by atoms with E-state index < -0.39 is 17.0 Å². The third-order valence-electron chi connectivity index (χ3n) is 3.29. The Balaban J connectivity index is 2.17. The largest absolute Gasteiger partial charge is 0.394 e. The highest BCUT2D eigenvalue weighted by molar-refractivity contribution is 5.94. The third kappa shape index (κ3) is 2.24. The van der Waals surface area contributed by atoms with Crippen LogP contribution < -0.4 is 10.9 Å². The fraction of sp³-hybridized carbons (Fsp3) is 0.500. The van der Waals surface area contributed by atoms with E-state index in [-0.39, 0.29) is 12.2 Å². The average Bonchev–Trinajstić information content (AvgIpc) is 2.23. The van der Waals surface area contributed by atoms with Crippen LogP contribution in [0, 0.1) is 6.92 Å². The molecule has 5 nitrogen and oxygen atoms in total. The smallest absolute Gasteiger partial charge is 0.260 e. The summed E-state index contributed by atoms with van der Waals surface area (Å²) in [4.78, 5) is 26.1. The fourth-order valence-electron chi connectivity index (χ4n) is 1.99. The molecule has 0 aliphatic heterocycles. The van der Waals surface area contributed by atoms with Gasteiger partial charge < -0.3 is 15.4 Å². The number of aliphatic hydroxyl groups is 1. The van der Waals surface area contributed by atoms with E-state index in [4.69, 9.17) is 0 Å². The zero-order valence-corrected chi connectivity index (χ0v) is 9.75. The van der Waals surface area contributed by atoms with Crippen LogP contribution in [0.15, 0.2) is 16.9 Å². The number of aromatic amines is 1. The molecule has 1 aliphatic carbocycles. The van der Waals surface area contributed by atoms with E-state index in [0.29, 0.717) is 5.69 Å². The summed E-state index contributed by atoms with van der Waals surface area (Å²) in [6.07, 6.45) is 2.52. The van der Waals surface area contributed by atoms with Gasteiger partial charge in [0.15, 0.2) is 0 Å². The van der Waals surface area contributed by atoms with Crippen molar-refractivity contribution in [1.29, 1.82) is 0 Å². The number of pyridine rings is 1. The van der Waals surface area contributed by atoms with Gasteiger partial charge >= 0.3 is 0 Å². The number of hydrogen-bond donors (Lipinski definition) is 3. The van der Waals surface area contributed by atoms with Crippen molar-refractivity contribution < 1.29 is 9.90 Å². The van der Waals surface area contributed by atoms with Crippen molar-refractivity contribution >= 4 is 5.91 Å². The molecule has 0 atom stereocenters. The van der Waals surface area contributed by atoms with Crippen molar-refractivity contribution in [3.8, 4) is 0 Å². The van der Waals surface area contributed by atoms with Crippen molar-refractivity contribution in [2.24, 2.45) is 0 Å². The van der Waals surface area contributed by atoms with Gasteiger partial charge in [-0.3, -0.25) is 9.59 Å². The molecule has 0 radical (unpaired) electrons. The average molecular weight is 236 g/mol. The van der Waals surface area contributed by atoms with Crippen molar-refractivity contribution in [2.45, 2.75) is 31.7 Å². The van der Waals surface area contributed by atoms with Crippen LogP contribution in [0.5, 0.6) is 0 Å². The van der Waals surface area contributed by atoms with E-state index >= 15 is 0 Å². The molecule has 1 aliphatic rings. The minimum Gasteiger partial charge on any atom is -0.394 e. The normalized spacial score (nSPS) is 17.3. The van der Waals surface area contributed by atoms with E-state index in [1.54, 1.807) is 13.0 Å². The second-order valence-electron chi connectivity index (χ2n) is 4.63. The lowest BCUT2D eigenvalue weighted by Crippen LogP contribution is -2.56. The lowest BCUT2D eigenvalue weighted by Gasteiger charge is -2.40. The summed E-state index contributed by atoms with van der Waals surface area (Å²) in [6.45, 7) is 1.67. The van der Waals surface area contributed by atoms with Gasteiger partial charge in [0.2, 0.25) is 0 Å². The van der Waals surface area contributed by atoms with E-state index in [1.165, 1.54) is 6.07 Å². The second-order valence-corrected chi connectivity index (χ2v) is 4.63. The lowest BCUT2D eigenvalue weighted by molar-refractivity contribution is 0.0640. The molecule has 0 aromatic carbocycles. The zero-order valence-electron chi connectivity index (χ0n) is 9.75. The van der Waals surface area contributed by atoms with Crippen LogP contribution in [0.4, 0.5) is 0 Å². The molecule has 0 saturated heterocycles. The van der Waals surface area contributed by atoms with Crippen molar-refractivity contribution in [1.82, 2.24) is 10.3 Å². The summed E-state index contributed by atoms with van der Waals surface area (Å²) >= 11 is 0. The van der Waals surface area contributed by atoms with Gasteiger partial charge in [-0.1, -0.05) is 0 Å². The van der Waals surface area contributed by atoms with Crippen molar-refractivity contribution in [3.05, 3.63) is 33.7 Å². The van der Waals surface area contributed by atoms with Crippen LogP contribution in [0.2, 0.25) is 0 Å². The van der Waals surface area contributed by atoms with Crippen LogP contribution in [0.1, 0.15) is 35.3 Å². The monoisotopic (exact) mass is 236 g/mol. The van der Waals surface area contributed by atoms with Gasteiger partial charge in [-0.25, -0.2) is 0 Å². The number of aryl methyl sites for hydroxylation is 1. The number of amides is 1. The Labute approximate surface area is 98.9 Å². The van der Waals surface area contributed by atoms with E-state index in [0.717, 1.165) is 19.3 Å². The first-order chi connectivity index (χ1) is 8.06. The maximum absolute atomic E-state index is 11.9. The summed E-state index contributed by atoms with van der Waals surface area (Å²) in [5.74, 6) is -0.417. The number of hydrogen-bond acceptors (Lipinski definition) is 3. The molecule has 0 bridgehead atoms. The number of aromatic nitrogens is 1. The second kappa shape index (κ2) is 4.33. The van der Waals surface area contributed by atoms with Gasteiger partial charge in [0.25, 0.3) is 11.5 Å². The highest BCUT2D eigenvalue weighted by atomic mass is 16.3. The standard InChI is InChI=1S/C12H16N2O3/c1-8-3-4-9(10(16)13-8)11(17)14-12(7-15)5-2-6-12/h3-4,15H,2,5-7H2,1H3,(H,13,16)(H,14,17). The van der Waals surface area contributed by atoms with Crippen molar-refractivity contribution in [3.63, 3.8) is 0 Å². The number of nitrogens with one attached hydrogen (secondary N) is 2. The quantitative estimate of drug-likeness (QED) is 0.707. The number of carbonyl (C=O) groups excluding carboxylic acids is 1. The molecular weight excluding hydrogens is 220 g/mol. The molecule has 5 heteroatoms. The molecule has 1 saturated carbocycles. The van der Waals surface area contributed by atoms with E-state index in [2.05, 4.69) is 10.3 Å². The molecule has 0 spiro atoms. The highest BCUT2D eigenvalue weighted by Gasteiger charge is 2.38. The van der Waals surface area contributed by atoms with Gasteiger partial charge in [0.05, 0.1) is 12.1 Å². The van der Waals surface area contributed by atoms with Gasteiger partial charge in [-0.2, -0.15) is 0 Å². The maximum Gasteiger partial charge on any atom is 0.260 e. The summed E-state index contributed by atoms with van der Waals surface area (Å²) in [7, 11) is 0. The first-order valence-corrected chi connectivity index (χ1v) is 5.70. The van der Waals surface area contributed by atoms with Crippen LogP contribution in [-0.2, 0) is 0 Å². The van der Waals surface area contributed by atoms with Crippen LogP contribution >= 0.6 is 0 Å². The minimum absolute atomic E-state index is 0.0808. The Morgan fingerprint density at radius 2 is 2.24 bits per heavy atom. The molecule has 1 amide bonds. The molecule has 17 heavy (non-hydrogen) atoms. The first kappa shape index (κ1) is 11.9. The molecule has 2 rings (SSSR count). The Morgan fingerprint density at radius 1 is 1.53 bits per heavy atom. The number of rotatable bonds is 3. The molecule has 1 aromatic heterocycles. The third-order valence-corrected chi connectivity index (χ3v) is 3.29. The predicted molar refractivity (Wildman–Crippen MR) is 62.9 cm³/mol. The molecule has 1 heterocycles. The summed E-state index contributed by atoms with van der Waals surface area (Å²) < 4.78 is 0. The van der Waals surface area contributed by atoms with Crippen LogP contribution in [-0.4, -0.2) is 28.1 Å². The number of carbonyl (C=O) groups is 1. The Bertz CT molecular complexity index is 483. The van der Waals surface area contributed by atoms with E-state index in [9.17, 15) is 14.7 Å². The fourth-order valence-corrected chi connectivity index (χ4v) is 1.99. The Hall–Kier alpha value is -1.62. The summed E-state index contributed by atoms with van der Waals surface area (Å²) in [5.41, 5.74) is -0.105. The van der Waals surface area contributed by atoms with Gasteiger partial charge in [0.1, 0.15) is 5.56 Å². The molecule has 1 fully saturated rings. The summed E-state index contributed by atoms with van der Waals surface area (Å²) in [5, 5.41) is 12.0. The minimum atomic E-state index is -0.519. The Kier molecular flexibility index (Phi) is 3.02. The maximum atomic E-state index is 11.9. The predicted octanol–water partition coefficient (Wildman–Crippen LogP) is 0.328. The lowest BCUT2D eigenvalue weighted by atomic mass is 9.77. The SMILES string of the molecule is Cc1ccc(C(=O)NC2(CO)CCC2)c(=O)[nH]1. The van der Waals surface area contributed by atoms with Gasteiger partial charge in [-0.15, -0.1) is 0 Å². The summed E-state index contributed by atoms with van der Waals surface area (Å²) in [6, 6.07) is 3.19. The van der Waals surface area contributed by atoms with Crippen LogP contribution in [0.3, 0.4) is 0 Å². The first-order valence-electron chi connectivity index (χ1n) is 5.70. The topological polar surface area (TPSA) is 82.2 Å². The zero-order chi connectivity index (χ0) is 12.5. The van der Waals surface area contributed by atoms with Crippen LogP contribution in [0.25, 0.3) is 0 Å². The molecule has 92 valence electrons. The van der Waals surface area contributed by atoms with Gasteiger partial charge in [-0.05, 0) is 38.3 Å². The molecule has 1 aromatic rings. The molecule has 3 N–H and O–H groups in total. The Morgan fingerprint density at radius 3 is 2.71 bits per heavy atom. The van der Waals surface area contributed by atoms with Gasteiger partial charge in [0, 0.05) is 5.69 Å². The molecule has 0 unspecified atom stereocenters. The number of aliphatic hydroxyl groups excluding tert-OH is 1. The number of H-pyrrole nitrogens is 1. The molecular formula is C12H16N2O3. The van der Waals surface area contributed by atoms with E-state index in [1.807, 2.05) is 0 Å².